The van der Waals surface area contributed by atoms with E-state index in [1.807, 2.05) is 44.2 Å². The topological polar surface area (TPSA) is 187 Å². The zero-order valence-corrected chi connectivity index (χ0v) is 38.6. The van der Waals surface area contributed by atoms with E-state index in [2.05, 4.69) is 42.6 Å². The molecule has 346 valence electrons. The molecule has 3 amide bonds. The van der Waals surface area contributed by atoms with Crippen molar-refractivity contribution in [2.45, 2.75) is 108 Å². The van der Waals surface area contributed by atoms with Crippen molar-refractivity contribution in [1.29, 1.82) is 0 Å². The van der Waals surface area contributed by atoms with E-state index in [1.165, 1.54) is 7.05 Å². The van der Waals surface area contributed by atoms with Gasteiger partial charge in [0.25, 0.3) is 17.4 Å². The number of aliphatic hydroxyl groups is 1. The van der Waals surface area contributed by atoms with Crippen LogP contribution in [0, 0.1) is 0 Å². The minimum atomic E-state index is -1.10. The van der Waals surface area contributed by atoms with Gasteiger partial charge in [0.05, 0.1) is 40.7 Å². The Hall–Kier alpha value is -5.20. The van der Waals surface area contributed by atoms with Crippen molar-refractivity contribution in [2.24, 2.45) is 0 Å². The summed E-state index contributed by atoms with van der Waals surface area (Å²) in [6, 6.07) is 11.2. The zero-order chi connectivity index (χ0) is 45.7. The van der Waals surface area contributed by atoms with Crippen LogP contribution >= 0.6 is 23.2 Å². The van der Waals surface area contributed by atoms with Crippen LogP contribution in [0.5, 0.6) is 5.75 Å². The van der Waals surface area contributed by atoms with Crippen LogP contribution in [-0.4, -0.2) is 130 Å². The maximum Gasteiger partial charge on any atom is 0.293 e. The molecule has 6 heterocycles. The summed E-state index contributed by atoms with van der Waals surface area (Å²) in [5.74, 6) is 0.429. The third kappa shape index (κ3) is 9.05. The number of anilines is 4. The van der Waals surface area contributed by atoms with Crippen LogP contribution in [-0.2, 0) is 20.9 Å². The number of hydrogen-bond donors (Lipinski definition) is 4. The van der Waals surface area contributed by atoms with Crippen molar-refractivity contribution in [3.63, 3.8) is 0 Å². The second-order valence-corrected chi connectivity index (χ2v) is 18.9. The lowest BCUT2D eigenvalue weighted by molar-refractivity contribution is -0.129. The first-order valence-electron chi connectivity index (χ1n) is 22.6. The van der Waals surface area contributed by atoms with Crippen molar-refractivity contribution >= 4 is 75.0 Å². The van der Waals surface area contributed by atoms with Gasteiger partial charge < -0.3 is 49.8 Å². The van der Waals surface area contributed by atoms with Crippen LogP contribution in [0.1, 0.15) is 81.3 Å². The highest BCUT2D eigenvalue weighted by Crippen LogP contribution is 2.41. The van der Waals surface area contributed by atoms with Crippen LogP contribution in [0.3, 0.4) is 0 Å². The molecule has 17 nitrogen and oxygen atoms in total. The highest BCUT2D eigenvalue weighted by atomic mass is 35.5. The van der Waals surface area contributed by atoms with Crippen LogP contribution in [0.2, 0.25) is 10.0 Å². The predicted molar refractivity (Wildman–Crippen MR) is 248 cm³/mol. The standard InChI is InChI=1S/C46H56Cl2N10O7/c1-25(2)58-35-7-5-28(17-27(35)18-38(45(58)63)64-24-40(60)49-4)51-42-34(47)21-50-46(53-42)54-13-11-30(12-14-54)65-31-19-29(20-31)55-15-16-56(26(3)22-55)36-8-6-32-33(41(36)48)23-57(44(32)62)37-9-10-39(59)52-43(37)61/h5-8,17-18,21,25-26,29-31,37,43,61H,9-16,19-20,22-24H2,1-4H3,(H,49,60)(H,52,59)(H,50,51,53)/t26-,29-,31-,37?,43?/m1/s1. The summed E-state index contributed by atoms with van der Waals surface area (Å²) in [7, 11) is 1.51. The van der Waals surface area contributed by atoms with Gasteiger partial charge in [-0.15, -0.1) is 0 Å². The number of benzene rings is 2. The van der Waals surface area contributed by atoms with Crippen molar-refractivity contribution in [2.75, 3.05) is 61.5 Å². The van der Waals surface area contributed by atoms with Gasteiger partial charge in [0.1, 0.15) is 11.3 Å². The molecule has 19 heteroatoms. The Kier molecular flexibility index (Phi) is 12.9. The second kappa shape index (κ2) is 18.6. The summed E-state index contributed by atoms with van der Waals surface area (Å²) in [4.78, 5) is 68.3. The molecule has 3 saturated heterocycles. The van der Waals surface area contributed by atoms with Gasteiger partial charge >= 0.3 is 0 Å². The van der Waals surface area contributed by atoms with Gasteiger partial charge in [0.15, 0.2) is 18.2 Å². The molecule has 2 unspecified atom stereocenters. The third-order valence-electron chi connectivity index (χ3n) is 13.6. The number of carbonyl (C=O) groups excluding carboxylic acids is 3. The van der Waals surface area contributed by atoms with Crippen LogP contribution < -0.4 is 36.0 Å². The molecule has 2 aromatic carbocycles. The lowest BCUT2D eigenvalue weighted by Gasteiger charge is -2.50. The number of carbonyl (C=O) groups is 3. The van der Waals surface area contributed by atoms with Gasteiger partial charge in [0, 0.05) is 93.1 Å². The monoisotopic (exact) mass is 930 g/mol. The second-order valence-electron chi connectivity index (χ2n) is 18.1. The molecule has 3 atom stereocenters. The van der Waals surface area contributed by atoms with E-state index >= 15 is 0 Å². The summed E-state index contributed by atoms with van der Waals surface area (Å²) in [5, 5.41) is 20.6. The van der Waals surface area contributed by atoms with E-state index in [-0.39, 0.29) is 66.3 Å². The van der Waals surface area contributed by atoms with E-state index in [4.69, 9.17) is 37.7 Å². The van der Waals surface area contributed by atoms with Crippen molar-refractivity contribution in [3.8, 4) is 5.75 Å². The fourth-order valence-electron chi connectivity index (χ4n) is 10.00. The van der Waals surface area contributed by atoms with E-state index in [1.54, 1.807) is 21.7 Å². The number of piperazine rings is 1. The molecule has 2 aromatic heterocycles. The van der Waals surface area contributed by atoms with E-state index in [0.717, 1.165) is 80.6 Å². The Morgan fingerprint density at radius 1 is 1.00 bits per heavy atom. The average Bonchev–Trinajstić information content (AvgIpc) is 3.61. The highest BCUT2D eigenvalue weighted by molar-refractivity contribution is 6.35. The minimum Gasteiger partial charge on any atom is -0.478 e. The molecule has 0 bridgehead atoms. The van der Waals surface area contributed by atoms with Gasteiger partial charge in [-0.05, 0) is 89.3 Å². The number of hydrogen-bond acceptors (Lipinski definition) is 13. The normalized spacial score (nSPS) is 24.0. The van der Waals surface area contributed by atoms with Gasteiger partial charge in [-0.1, -0.05) is 23.2 Å². The Morgan fingerprint density at radius 2 is 1.78 bits per heavy atom. The number of halogens is 2. The Balaban J connectivity index is 0.756. The number of pyridine rings is 1. The maximum absolute atomic E-state index is 13.4. The van der Waals surface area contributed by atoms with E-state index in [0.29, 0.717) is 52.1 Å². The van der Waals surface area contributed by atoms with E-state index < -0.39 is 12.3 Å². The quantitative estimate of drug-likeness (QED) is 0.152. The van der Waals surface area contributed by atoms with E-state index in [9.17, 15) is 24.3 Å². The molecule has 5 aliphatic rings. The molecule has 0 spiro atoms. The van der Waals surface area contributed by atoms with Crippen molar-refractivity contribution < 1.29 is 29.0 Å². The first-order chi connectivity index (χ1) is 31.3. The SMILES string of the molecule is CNC(=O)COc1cc2cc(Nc3nc(N4CCC(O[C@H]5C[C@H](N6CCN(c7ccc8c(c7Cl)CN(C7CCC(=O)NC7O)C8=O)[C@H](C)C6)C5)CC4)ncc3Cl)ccc2n(C(C)C)c1=O. The molecule has 1 saturated carbocycles. The molecule has 0 radical (unpaired) electrons. The smallest absolute Gasteiger partial charge is 0.293 e. The average molecular weight is 932 g/mol. The molecule has 65 heavy (non-hydrogen) atoms. The number of nitrogens with one attached hydrogen (secondary N) is 3. The molecule has 9 rings (SSSR count). The van der Waals surface area contributed by atoms with Crippen LogP contribution in [0.4, 0.5) is 23.1 Å². The van der Waals surface area contributed by atoms with Crippen LogP contribution in [0.15, 0.2) is 47.4 Å². The molecular formula is C46H56Cl2N10O7. The molecular weight excluding hydrogens is 875 g/mol. The number of ether oxygens (including phenoxy) is 2. The summed E-state index contributed by atoms with van der Waals surface area (Å²) >= 11 is 13.7. The fourth-order valence-corrected chi connectivity index (χ4v) is 10.5. The van der Waals surface area contributed by atoms with Gasteiger partial charge in [-0.25, -0.2) is 4.98 Å². The summed E-state index contributed by atoms with van der Waals surface area (Å²) in [5.41, 5.74) is 3.40. The van der Waals surface area contributed by atoms with Crippen LogP contribution in [0.25, 0.3) is 10.9 Å². The lowest BCUT2D eigenvalue weighted by Crippen LogP contribution is -2.59. The van der Waals surface area contributed by atoms with Gasteiger partial charge in [0.2, 0.25) is 11.9 Å². The predicted octanol–water partition coefficient (Wildman–Crippen LogP) is 4.83. The Bertz CT molecular complexity index is 2550. The number of aliphatic hydroxyl groups excluding tert-OH is 1. The van der Waals surface area contributed by atoms with Crippen molar-refractivity contribution in [1.82, 2.24) is 35.0 Å². The molecule has 1 aliphatic carbocycles. The number of piperidine rings is 2. The Labute approximate surface area is 387 Å². The third-order valence-corrected chi connectivity index (χ3v) is 14.3. The number of aromatic nitrogens is 3. The molecule has 4 aromatic rings. The number of likely N-dealkylation sites (N-methyl/N-ethyl adjacent to an activating group) is 1. The Morgan fingerprint density at radius 3 is 2.51 bits per heavy atom. The zero-order valence-electron chi connectivity index (χ0n) is 37.1. The van der Waals surface area contributed by atoms with Gasteiger partial charge in [-0.2, -0.15) is 4.98 Å². The first-order valence-corrected chi connectivity index (χ1v) is 23.3. The van der Waals surface area contributed by atoms with Crippen molar-refractivity contribution in [3.05, 3.63) is 74.1 Å². The summed E-state index contributed by atoms with van der Waals surface area (Å²) < 4.78 is 13.9. The largest absolute Gasteiger partial charge is 0.478 e. The number of rotatable bonds is 12. The molecule has 4 fully saturated rings. The number of fused-ring (bicyclic) bond motifs is 2. The first kappa shape index (κ1) is 45.0. The molecule has 4 N–H and O–H groups in total. The summed E-state index contributed by atoms with van der Waals surface area (Å²) in [6.07, 6.45) is 5.31. The summed E-state index contributed by atoms with van der Waals surface area (Å²) in [6.45, 7) is 10.2. The van der Waals surface area contributed by atoms with Gasteiger partial charge in [-0.3, -0.25) is 24.1 Å². The maximum atomic E-state index is 13.4. The lowest BCUT2D eigenvalue weighted by atomic mass is 9.86. The highest BCUT2D eigenvalue weighted by Gasteiger charge is 2.42. The fraction of sp³-hybridized carbons (Fsp3) is 0.522. The number of amides is 3. The molecule has 4 aliphatic heterocycles. The minimum absolute atomic E-state index is 0.0916. The number of nitrogens with zero attached hydrogens (tertiary/aromatic N) is 7.